The van der Waals surface area contributed by atoms with E-state index < -0.39 is 0 Å². The molecule has 2 fully saturated rings. The van der Waals surface area contributed by atoms with Gasteiger partial charge in [-0.15, -0.1) is 10.2 Å². The molecule has 2 bridgehead atoms. The van der Waals surface area contributed by atoms with E-state index in [0.717, 1.165) is 34.6 Å². The lowest BCUT2D eigenvalue weighted by atomic mass is 10.1. The van der Waals surface area contributed by atoms with E-state index in [4.69, 9.17) is 0 Å². The van der Waals surface area contributed by atoms with E-state index in [1.54, 1.807) is 0 Å². The second-order valence-corrected chi connectivity index (χ2v) is 7.31. The van der Waals surface area contributed by atoms with Gasteiger partial charge in [0.1, 0.15) is 17.8 Å². The Morgan fingerprint density at radius 1 is 0.920 bits per heavy atom. The van der Waals surface area contributed by atoms with Gasteiger partial charge in [0.25, 0.3) is 0 Å². The van der Waals surface area contributed by atoms with E-state index in [1.165, 1.54) is 12.8 Å². The van der Waals surface area contributed by atoms with E-state index in [1.807, 2.05) is 36.4 Å². The van der Waals surface area contributed by atoms with Crippen molar-refractivity contribution in [3.63, 3.8) is 0 Å². The summed E-state index contributed by atoms with van der Waals surface area (Å²) >= 11 is 0. The third-order valence-electron chi connectivity index (χ3n) is 5.66. The lowest BCUT2D eigenvalue weighted by molar-refractivity contribution is -0.925. The van der Waals surface area contributed by atoms with Gasteiger partial charge in [-0.2, -0.15) is 0 Å². The van der Waals surface area contributed by atoms with Crippen molar-refractivity contribution >= 4 is 5.82 Å². The summed E-state index contributed by atoms with van der Waals surface area (Å²) in [6.45, 7) is 2.15. The van der Waals surface area contributed by atoms with Gasteiger partial charge in [-0.25, -0.2) is 0 Å². The van der Waals surface area contributed by atoms with Crippen molar-refractivity contribution in [3.05, 3.63) is 53.7 Å². The number of hydrogen-bond acceptors (Lipinski definition) is 3. The molecule has 4 nitrogen and oxygen atoms in total. The summed E-state index contributed by atoms with van der Waals surface area (Å²) in [6, 6.07) is 15.4. The molecule has 0 radical (unpaired) electrons. The van der Waals surface area contributed by atoms with Crippen LogP contribution >= 0.6 is 0 Å². The van der Waals surface area contributed by atoms with Crippen LogP contribution in [0, 0.1) is 11.8 Å². The third-order valence-corrected chi connectivity index (χ3v) is 5.66. The predicted molar refractivity (Wildman–Crippen MR) is 95.6 cm³/mol. The molecule has 25 heavy (non-hydrogen) atoms. The average molecular weight is 446 g/mol. The van der Waals surface area contributed by atoms with Crippen LogP contribution in [0.4, 0.5) is 5.82 Å². The fourth-order valence-electron chi connectivity index (χ4n) is 3.94. The van der Waals surface area contributed by atoms with Crippen LogP contribution in [0.15, 0.2) is 42.5 Å². The maximum atomic E-state index is 4.43. The zero-order chi connectivity index (χ0) is 16.6. The van der Waals surface area contributed by atoms with Gasteiger partial charge in [-0.05, 0) is 30.2 Å². The standard InChI is InChI=1S/C20H23N4.HI/c1-24(2)18-11-12-19(24)15-23(14-18)20-13-10-17(21-22-20)9-8-16-6-4-3-5-7-16;/h3-7,10,13,18-19H,11-12,14-15H2,1-2H3;1H/q+1;/p-1. The summed E-state index contributed by atoms with van der Waals surface area (Å²) in [7, 11) is 4.74. The van der Waals surface area contributed by atoms with Crippen LogP contribution in [-0.4, -0.2) is 53.9 Å². The van der Waals surface area contributed by atoms with E-state index in [0.29, 0.717) is 12.1 Å². The zero-order valence-electron chi connectivity index (χ0n) is 14.7. The molecule has 2 aliphatic rings. The Labute approximate surface area is 166 Å². The molecule has 0 saturated carbocycles. The lowest BCUT2D eigenvalue weighted by Gasteiger charge is -2.45. The summed E-state index contributed by atoms with van der Waals surface area (Å²) in [5.41, 5.74) is 1.72. The van der Waals surface area contributed by atoms with Crippen molar-refractivity contribution in [3.8, 4) is 11.8 Å². The van der Waals surface area contributed by atoms with Crippen molar-refractivity contribution in [2.45, 2.75) is 24.9 Å². The Morgan fingerprint density at radius 3 is 2.20 bits per heavy atom. The molecule has 2 atom stereocenters. The molecule has 1 aromatic heterocycles. The van der Waals surface area contributed by atoms with E-state index >= 15 is 0 Å². The van der Waals surface area contributed by atoms with E-state index in [9.17, 15) is 0 Å². The van der Waals surface area contributed by atoms with Gasteiger partial charge in [0.05, 0.1) is 27.2 Å². The fourth-order valence-corrected chi connectivity index (χ4v) is 3.94. The molecule has 0 spiro atoms. The fraction of sp³-hybridized carbons (Fsp3) is 0.400. The highest BCUT2D eigenvalue weighted by molar-refractivity contribution is 5.43. The molecule has 2 aliphatic heterocycles. The Bertz CT molecular complexity index is 761. The smallest absolute Gasteiger partial charge is 0.151 e. The molecule has 130 valence electrons. The first-order chi connectivity index (χ1) is 11.6. The van der Waals surface area contributed by atoms with Gasteiger partial charge in [-0.3, -0.25) is 0 Å². The highest BCUT2D eigenvalue weighted by Crippen LogP contribution is 2.35. The van der Waals surface area contributed by atoms with Crippen LogP contribution in [0.5, 0.6) is 0 Å². The van der Waals surface area contributed by atoms with Crippen LogP contribution < -0.4 is 28.9 Å². The second kappa shape index (κ2) is 7.30. The summed E-state index contributed by atoms with van der Waals surface area (Å²) in [5, 5.41) is 8.73. The molecule has 2 saturated heterocycles. The van der Waals surface area contributed by atoms with Gasteiger partial charge in [0, 0.05) is 18.4 Å². The van der Waals surface area contributed by atoms with Crippen molar-refractivity contribution in [2.24, 2.45) is 0 Å². The SMILES string of the molecule is C[N+]1(C)C2CCC1CN(c1ccc(C#Cc3ccccc3)nn1)C2.[I-]. The molecule has 0 aliphatic carbocycles. The number of aromatic nitrogens is 2. The van der Waals surface area contributed by atoms with E-state index in [2.05, 4.69) is 47.1 Å². The van der Waals surface area contributed by atoms with Crippen molar-refractivity contribution < 1.29 is 28.5 Å². The van der Waals surface area contributed by atoms with E-state index in [-0.39, 0.29) is 24.0 Å². The van der Waals surface area contributed by atoms with Gasteiger partial charge in [0.2, 0.25) is 0 Å². The number of rotatable bonds is 1. The Morgan fingerprint density at radius 2 is 1.60 bits per heavy atom. The third kappa shape index (κ3) is 3.65. The summed E-state index contributed by atoms with van der Waals surface area (Å²) < 4.78 is 1.16. The molecule has 1 aromatic carbocycles. The first-order valence-corrected chi connectivity index (χ1v) is 8.62. The maximum Gasteiger partial charge on any atom is 0.151 e. The van der Waals surface area contributed by atoms with Crippen molar-refractivity contribution in [2.75, 3.05) is 32.1 Å². The van der Waals surface area contributed by atoms with Crippen molar-refractivity contribution in [1.29, 1.82) is 0 Å². The largest absolute Gasteiger partial charge is 1.00 e. The van der Waals surface area contributed by atoms with Crippen LogP contribution in [0.25, 0.3) is 0 Å². The van der Waals surface area contributed by atoms with Crippen LogP contribution in [0.2, 0.25) is 0 Å². The second-order valence-electron chi connectivity index (χ2n) is 7.31. The minimum absolute atomic E-state index is 0. The zero-order valence-corrected chi connectivity index (χ0v) is 16.8. The number of benzene rings is 1. The Hall–Kier alpha value is -1.65. The number of piperazine rings is 1. The molecule has 0 N–H and O–H groups in total. The molecular weight excluding hydrogens is 423 g/mol. The summed E-state index contributed by atoms with van der Waals surface area (Å²) in [6.07, 6.45) is 2.64. The minimum Gasteiger partial charge on any atom is -1.00 e. The molecule has 3 heterocycles. The summed E-state index contributed by atoms with van der Waals surface area (Å²) in [5.74, 6) is 7.20. The normalized spacial score (nSPS) is 23.4. The first-order valence-electron chi connectivity index (χ1n) is 8.62. The van der Waals surface area contributed by atoms with Crippen LogP contribution in [0.3, 0.4) is 0 Å². The van der Waals surface area contributed by atoms with Gasteiger partial charge >= 0.3 is 0 Å². The van der Waals surface area contributed by atoms with Gasteiger partial charge in [0.15, 0.2) is 5.82 Å². The number of fused-ring (bicyclic) bond motifs is 2. The number of likely N-dealkylation sites (N-methyl/N-ethyl adjacent to an activating group) is 1. The number of hydrogen-bond donors (Lipinski definition) is 0. The maximum absolute atomic E-state index is 4.43. The molecule has 4 rings (SSSR count). The molecule has 5 heteroatoms. The van der Waals surface area contributed by atoms with Gasteiger partial charge < -0.3 is 33.4 Å². The number of anilines is 1. The van der Waals surface area contributed by atoms with Crippen molar-refractivity contribution in [1.82, 2.24) is 10.2 Å². The van der Waals surface area contributed by atoms with Gasteiger partial charge in [-0.1, -0.05) is 24.1 Å². The average Bonchev–Trinajstić information content (AvgIpc) is 2.80. The quantitative estimate of drug-likeness (QED) is 0.330. The predicted octanol–water partition coefficient (Wildman–Crippen LogP) is -0.692. The lowest BCUT2D eigenvalue weighted by Crippen LogP contribution is -3.00. The molecule has 0 amide bonds. The number of nitrogens with zero attached hydrogens (tertiary/aromatic N) is 4. The Kier molecular flexibility index (Phi) is 5.30. The van der Waals surface area contributed by atoms with Crippen LogP contribution in [-0.2, 0) is 0 Å². The Balaban J connectivity index is 0.00000182. The minimum atomic E-state index is 0. The first kappa shape index (κ1) is 18.2. The molecule has 2 aromatic rings. The van der Waals surface area contributed by atoms with Crippen LogP contribution in [0.1, 0.15) is 24.1 Å². The monoisotopic (exact) mass is 446 g/mol. The number of halogens is 1. The highest BCUT2D eigenvalue weighted by Gasteiger charge is 2.48. The molecule has 2 unspecified atom stereocenters. The highest BCUT2D eigenvalue weighted by atomic mass is 127. The topological polar surface area (TPSA) is 29.0 Å². The summed E-state index contributed by atoms with van der Waals surface area (Å²) in [4.78, 5) is 2.40. The molecular formula is C20H23IN4. The number of quaternary nitrogens is 1.